The topological polar surface area (TPSA) is 95.2 Å². The lowest BCUT2D eigenvalue weighted by molar-refractivity contribution is -0.237. The zero-order valence-electron chi connectivity index (χ0n) is 16.0. The number of esters is 1. The van der Waals surface area contributed by atoms with E-state index >= 15 is 0 Å². The normalized spacial score (nSPS) is 19.3. The van der Waals surface area contributed by atoms with Gasteiger partial charge in [-0.25, -0.2) is 18.6 Å². The second-order valence-electron chi connectivity index (χ2n) is 6.48. The third-order valence-electron chi connectivity index (χ3n) is 4.33. The molecule has 0 saturated carbocycles. The molecule has 166 valence electrons. The number of rotatable bonds is 7. The number of phenolic OH excluding ortho intramolecular Hbond substituents is 1. The Morgan fingerprint density at radius 3 is 2.65 bits per heavy atom. The molecule has 0 radical (unpaired) electrons. The van der Waals surface area contributed by atoms with Gasteiger partial charge in [0.05, 0.1) is 12.3 Å². The Morgan fingerprint density at radius 1 is 1.35 bits per heavy atom. The number of anilines is 1. The van der Waals surface area contributed by atoms with E-state index in [4.69, 9.17) is 4.74 Å². The Balaban J connectivity index is 1.96. The van der Waals surface area contributed by atoms with Crippen LogP contribution in [0.1, 0.15) is 29.4 Å². The Hall–Kier alpha value is -2.99. The number of hydrazone groups is 1. The summed E-state index contributed by atoms with van der Waals surface area (Å²) in [6.45, 7) is 1.61. The molecule has 1 aliphatic rings. The zero-order valence-corrected chi connectivity index (χ0v) is 16.8. The van der Waals surface area contributed by atoms with E-state index in [0.717, 1.165) is 0 Å². The highest BCUT2D eigenvalue weighted by atomic mass is 32.1. The molecule has 0 spiro atoms. The van der Waals surface area contributed by atoms with Crippen molar-refractivity contribution >= 4 is 34.2 Å². The molecule has 2 N–H and O–H groups in total. The number of nitrogens with zero attached hydrogens (tertiary/aromatic N) is 3. The number of aliphatic hydroxyl groups is 1. The number of aromatic hydroxyl groups is 1. The van der Waals surface area contributed by atoms with E-state index in [2.05, 4.69) is 10.1 Å². The number of aromatic nitrogens is 1. The van der Waals surface area contributed by atoms with Gasteiger partial charge in [0.25, 0.3) is 0 Å². The van der Waals surface area contributed by atoms with Crippen LogP contribution in [0.3, 0.4) is 0 Å². The Labute approximate surface area is 177 Å². The average Bonchev–Trinajstić information content (AvgIpc) is 3.33. The van der Waals surface area contributed by atoms with E-state index < -0.39 is 30.5 Å². The lowest BCUT2D eigenvalue weighted by Gasteiger charge is -2.36. The van der Waals surface area contributed by atoms with Crippen LogP contribution in [-0.2, 0) is 4.74 Å². The summed E-state index contributed by atoms with van der Waals surface area (Å²) >= 11 is 0.666. The predicted octanol–water partition coefficient (Wildman–Crippen LogP) is 3.89. The number of halogens is 4. The van der Waals surface area contributed by atoms with Crippen molar-refractivity contribution in [1.29, 1.82) is 0 Å². The summed E-state index contributed by atoms with van der Waals surface area (Å²) in [7, 11) is 0. The van der Waals surface area contributed by atoms with E-state index in [-0.39, 0.29) is 28.9 Å². The van der Waals surface area contributed by atoms with Crippen molar-refractivity contribution < 1.29 is 37.3 Å². The number of thiazole rings is 1. The van der Waals surface area contributed by atoms with Gasteiger partial charge in [0, 0.05) is 11.8 Å². The molecule has 0 fully saturated rings. The van der Waals surface area contributed by atoms with E-state index in [1.165, 1.54) is 41.8 Å². The van der Waals surface area contributed by atoms with Crippen molar-refractivity contribution in [2.24, 2.45) is 5.10 Å². The van der Waals surface area contributed by atoms with Crippen molar-refractivity contribution in [3.8, 4) is 5.75 Å². The van der Waals surface area contributed by atoms with Crippen LogP contribution < -0.4 is 5.01 Å². The molecule has 2 aromatic rings. The van der Waals surface area contributed by atoms with Gasteiger partial charge in [-0.3, -0.25) is 0 Å². The molecule has 7 nitrogen and oxygen atoms in total. The summed E-state index contributed by atoms with van der Waals surface area (Å²) in [5.41, 5.74) is -3.18. The molecule has 12 heteroatoms. The van der Waals surface area contributed by atoms with Crippen LogP contribution in [0, 0.1) is 0 Å². The van der Waals surface area contributed by atoms with Gasteiger partial charge in [-0.2, -0.15) is 18.9 Å². The molecule has 0 saturated heterocycles. The van der Waals surface area contributed by atoms with E-state index in [0.29, 0.717) is 21.9 Å². The van der Waals surface area contributed by atoms with Gasteiger partial charge in [-0.1, -0.05) is 18.2 Å². The number of carbonyl (C=O) groups is 1. The fourth-order valence-corrected chi connectivity index (χ4v) is 3.55. The van der Waals surface area contributed by atoms with Crippen LogP contribution >= 0.6 is 11.3 Å². The molecule has 1 aromatic carbocycles. The number of alkyl halides is 4. The van der Waals surface area contributed by atoms with Crippen molar-refractivity contribution in [1.82, 2.24) is 4.98 Å². The maximum absolute atomic E-state index is 14.4. The van der Waals surface area contributed by atoms with Crippen LogP contribution in [0.4, 0.5) is 22.7 Å². The highest BCUT2D eigenvalue weighted by Crippen LogP contribution is 2.45. The molecule has 2 heterocycles. The Bertz CT molecular complexity index is 1010. The number of phenols is 1. The minimum atomic E-state index is -4.86. The molecule has 3 rings (SSSR count). The molecular weight excluding hydrogens is 442 g/mol. The molecule has 1 aliphatic heterocycles. The fourth-order valence-electron chi connectivity index (χ4n) is 2.74. The summed E-state index contributed by atoms with van der Waals surface area (Å²) in [4.78, 5) is 15.6. The first kappa shape index (κ1) is 22.7. The van der Waals surface area contributed by atoms with Gasteiger partial charge in [0.15, 0.2) is 5.69 Å². The third-order valence-corrected chi connectivity index (χ3v) is 5.15. The standard InChI is InChI=1S/C19H17F4N3O4S/c1-2-30-15(28)14-10-31-17(24-14)26-18(29,19(22,23)16(20)21)9-12(25-26)6-3-11-4-7-13(27)8-5-11/h3-8,10,16,27,29H,2,9H2,1H3/b6-3+. The second kappa shape index (κ2) is 8.63. The summed E-state index contributed by atoms with van der Waals surface area (Å²) < 4.78 is 59.7. The summed E-state index contributed by atoms with van der Waals surface area (Å²) in [6.07, 6.45) is -2.37. The molecule has 0 bridgehead atoms. The quantitative estimate of drug-likeness (QED) is 0.482. The summed E-state index contributed by atoms with van der Waals surface area (Å²) in [5.74, 6) is -5.67. The number of hydrogen-bond acceptors (Lipinski definition) is 8. The zero-order chi connectivity index (χ0) is 22.8. The number of benzene rings is 1. The maximum Gasteiger partial charge on any atom is 0.357 e. The predicted molar refractivity (Wildman–Crippen MR) is 106 cm³/mol. The van der Waals surface area contributed by atoms with E-state index in [1.54, 1.807) is 6.92 Å². The van der Waals surface area contributed by atoms with Gasteiger partial charge < -0.3 is 14.9 Å². The monoisotopic (exact) mass is 459 g/mol. The highest BCUT2D eigenvalue weighted by Gasteiger charge is 2.66. The highest BCUT2D eigenvalue weighted by molar-refractivity contribution is 7.14. The minimum absolute atomic E-state index is 0.0219. The molecular formula is C19H17F4N3O4S. The van der Waals surface area contributed by atoms with Crippen molar-refractivity contribution in [2.45, 2.75) is 31.4 Å². The van der Waals surface area contributed by atoms with Crippen LogP contribution in [0.15, 0.2) is 40.8 Å². The van der Waals surface area contributed by atoms with Gasteiger partial charge in [0.1, 0.15) is 5.75 Å². The molecule has 1 aromatic heterocycles. The molecule has 0 amide bonds. The number of hydrogen-bond donors (Lipinski definition) is 2. The SMILES string of the molecule is CCOC(=O)c1csc(N2N=C(/C=C/c3ccc(O)cc3)CC2(O)C(F)(F)C(F)F)n1. The summed E-state index contributed by atoms with van der Waals surface area (Å²) in [6, 6.07) is 5.86. The van der Waals surface area contributed by atoms with Crippen LogP contribution in [-0.4, -0.2) is 51.6 Å². The lowest BCUT2D eigenvalue weighted by atomic mass is 9.99. The smallest absolute Gasteiger partial charge is 0.357 e. The van der Waals surface area contributed by atoms with Gasteiger partial charge in [-0.15, -0.1) is 11.3 Å². The molecule has 31 heavy (non-hydrogen) atoms. The van der Waals surface area contributed by atoms with Gasteiger partial charge in [0.2, 0.25) is 10.9 Å². The van der Waals surface area contributed by atoms with Gasteiger partial charge in [-0.05, 0) is 30.7 Å². The van der Waals surface area contributed by atoms with Crippen LogP contribution in [0.2, 0.25) is 0 Å². The maximum atomic E-state index is 14.4. The van der Waals surface area contributed by atoms with E-state index in [9.17, 15) is 32.6 Å². The number of ether oxygens (including phenoxy) is 1. The van der Waals surface area contributed by atoms with Crippen molar-refractivity contribution in [2.75, 3.05) is 11.6 Å². The van der Waals surface area contributed by atoms with Crippen LogP contribution in [0.5, 0.6) is 5.75 Å². The summed E-state index contributed by atoms with van der Waals surface area (Å²) in [5, 5.41) is 24.9. The van der Waals surface area contributed by atoms with E-state index in [1.807, 2.05) is 0 Å². The third kappa shape index (κ3) is 4.39. The largest absolute Gasteiger partial charge is 0.508 e. The Morgan fingerprint density at radius 2 is 2.03 bits per heavy atom. The first-order chi connectivity index (χ1) is 14.6. The second-order valence-corrected chi connectivity index (χ2v) is 7.32. The van der Waals surface area contributed by atoms with Crippen molar-refractivity contribution in [3.05, 3.63) is 47.0 Å². The fraction of sp³-hybridized carbons (Fsp3) is 0.316. The van der Waals surface area contributed by atoms with Crippen LogP contribution in [0.25, 0.3) is 6.08 Å². The van der Waals surface area contributed by atoms with Gasteiger partial charge >= 0.3 is 18.3 Å². The molecule has 0 aliphatic carbocycles. The molecule has 1 atom stereocenters. The first-order valence-corrected chi connectivity index (χ1v) is 9.82. The first-order valence-electron chi connectivity index (χ1n) is 8.94. The molecule has 1 unspecified atom stereocenters. The van der Waals surface area contributed by atoms with Crippen molar-refractivity contribution in [3.63, 3.8) is 0 Å². The number of carbonyl (C=O) groups excluding carboxylic acids is 1. The Kier molecular flexibility index (Phi) is 6.32. The average molecular weight is 459 g/mol. The lowest BCUT2D eigenvalue weighted by Crippen LogP contribution is -2.60. The minimum Gasteiger partial charge on any atom is -0.508 e. The number of allylic oxidation sites excluding steroid dienone is 1.